The van der Waals surface area contributed by atoms with Crippen LogP contribution in [0.25, 0.3) is 0 Å². The van der Waals surface area contributed by atoms with E-state index in [-0.39, 0.29) is 12.6 Å². The number of para-hydroxylation sites is 1. The van der Waals surface area contributed by atoms with Crippen molar-refractivity contribution in [3.8, 4) is 0 Å². The Balaban J connectivity index is 1.92. The van der Waals surface area contributed by atoms with E-state index in [9.17, 15) is 5.11 Å². The lowest BCUT2D eigenvalue weighted by Gasteiger charge is -2.18. The van der Waals surface area contributed by atoms with Crippen molar-refractivity contribution in [2.75, 3.05) is 11.9 Å². The van der Waals surface area contributed by atoms with Crippen LogP contribution in [0.4, 0.5) is 5.69 Å². The van der Waals surface area contributed by atoms with Gasteiger partial charge < -0.3 is 10.4 Å². The van der Waals surface area contributed by atoms with Crippen molar-refractivity contribution in [1.29, 1.82) is 0 Å². The Morgan fingerprint density at radius 1 is 1.00 bits per heavy atom. The minimum atomic E-state index is 0.0684. The van der Waals surface area contributed by atoms with Gasteiger partial charge in [0.2, 0.25) is 0 Å². The van der Waals surface area contributed by atoms with E-state index in [1.165, 1.54) is 5.56 Å². The molecule has 100 valence electrons. The highest BCUT2D eigenvalue weighted by Gasteiger charge is 2.09. The third kappa shape index (κ3) is 4.37. The molecular formula is C16H18BrNO. The third-order valence-electron chi connectivity index (χ3n) is 3.08. The van der Waals surface area contributed by atoms with Crippen molar-refractivity contribution in [2.45, 2.75) is 18.9 Å². The van der Waals surface area contributed by atoms with E-state index in [0.717, 1.165) is 23.0 Å². The summed E-state index contributed by atoms with van der Waals surface area (Å²) in [6, 6.07) is 18.4. The second kappa shape index (κ2) is 7.31. The van der Waals surface area contributed by atoms with Gasteiger partial charge in [0, 0.05) is 16.2 Å². The number of aliphatic hydroxyl groups excluding tert-OH is 1. The standard InChI is InChI=1S/C16H18BrNO/c17-15-8-4-5-9-16(15)18-14(12-19)11-10-13-6-2-1-3-7-13/h1-9,14,18-19H,10-12H2. The zero-order valence-electron chi connectivity index (χ0n) is 10.7. The Morgan fingerprint density at radius 3 is 2.37 bits per heavy atom. The predicted molar refractivity (Wildman–Crippen MR) is 83.4 cm³/mol. The molecule has 0 amide bonds. The lowest BCUT2D eigenvalue weighted by Crippen LogP contribution is -2.24. The van der Waals surface area contributed by atoms with Crippen LogP contribution in [0.5, 0.6) is 0 Å². The molecule has 2 N–H and O–H groups in total. The highest BCUT2D eigenvalue weighted by atomic mass is 79.9. The van der Waals surface area contributed by atoms with E-state index in [2.05, 4.69) is 33.4 Å². The number of anilines is 1. The molecule has 2 nitrogen and oxygen atoms in total. The Bertz CT molecular complexity index is 501. The minimum absolute atomic E-state index is 0.0684. The first-order chi connectivity index (χ1) is 9.29. The SMILES string of the molecule is OCC(CCc1ccccc1)Nc1ccccc1Br. The molecule has 2 aromatic rings. The molecule has 0 bridgehead atoms. The van der Waals surface area contributed by atoms with Crippen LogP contribution in [-0.4, -0.2) is 17.8 Å². The van der Waals surface area contributed by atoms with Crippen LogP contribution in [0.2, 0.25) is 0 Å². The fourth-order valence-corrected chi connectivity index (χ4v) is 2.39. The van der Waals surface area contributed by atoms with E-state index in [1.54, 1.807) is 0 Å². The van der Waals surface area contributed by atoms with Crippen molar-refractivity contribution in [3.63, 3.8) is 0 Å². The molecule has 19 heavy (non-hydrogen) atoms. The molecule has 1 atom stereocenters. The number of hydrogen-bond donors (Lipinski definition) is 2. The van der Waals surface area contributed by atoms with Gasteiger partial charge in [-0.25, -0.2) is 0 Å². The maximum atomic E-state index is 9.48. The van der Waals surface area contributed by atoms with Gasteiger partial charge in [0.05, 0.1) is 6.61 Å². The number of nitrogens with one attached hydrogen (secondary N) is 1. The number of benzene rings is 2. The third-order valence-corrected chi connectivity index (χ3v) is 3.77. The Morgan fingerprint density at radius 2 is 1.68 bits per heavy atom. The van der Waals surface area contributed by atoms with Crippen LogP contribution >= 0.6 is 15.9 Å². The largest absolute Gasteiger partial charge is 0.394 e. The lowest BCUT2D eigenvalue weighted by molar-refractivity contribution is 0.269. The fraction of sp³-hybridized carbons (Fsp3) is 0.250. The zero-order valence-corrected chi connectivity index (χ0v) is 12.3. The van der Waals surface area contributed by atoms with Crippen LogP contribution in [-0.2, 0) is 6.42 Å². The van der Waals surface area contributed by atoms with Gasteiger partial charge in [-0.1, -0.05) is 42.5 Å². The number of aliphatic hydroxyl groups is 1. The molecule has 2 aromatic carbocycles. The van der Waals surface area contributed by atoms with Crippen molar-refractivity contribution in [2.24, 2.45) is 0 Å². The molecule has 0 aliphatic rings. The lowest BCUT2D eigenvalue weighted by atomic mass is 10.1. The minimum Gasteiger partial charge on any atom is -0.394 e. The van der Waals surface area contributed by atoms with E-state index < -0.39 is 0 Å². The monoisotopic (exact) mass is 319 g/mol. The second-order valence-electron chi connectivity index (χ2n) is 4.53. The quantitative estimate of drug-likeness (QED) is 0.847. The van der Waals surface area contributed by atoms with Crippen LogP contribution in [0, 0.1) is 0 Å². The topological polar surface area (TPSA) is 32.3 Å². The van der Waals surface area contributed by atoms with Crippen molar-refractivity contribution in [1.82, 2.24) is 0 Å². The summed E-state index contributed by atoms with van der Waals surface area (Å²) in [6.45, 7) is 0.133. The molecule has 0 radical (unpaired) electrons. The van der Waals surface area contributed by atoms with E-state index in [1.807, 2.05) is 42.5 Å². The van der Waals surface area contributed by atoms with E-state index in [4.69, 9.17) is 0 Å². The Hall–Kier alpha value is -1.32. The van der Waals surface area contributed by atoms with Gasteiger partial charge in [-0.05, 0) is 46.5 Å². The average molecular weight is 320 g/mol. The summed E-state index contributed by atoms with van der Waals surface area (Å²) < 4.78 is 1.02. The first kappa shape index (κ1) is 14.1. The first-order valence-electron chi connectivity index (χ1n) is 6.45. The summed E-state index contributed by atoms with van der Waals surface area (Å²) in [7, 11) is 0. The fourth-order valence-electron chi connectivity index (χ4n) is 1.99. The number of rotatable bonds is 6. The van der Waals surface area contributed by atoms with Gasteiger partial charge in [0.15, 0.2) is 0 Å². The predicted octanol–water partition coefficient (Wildman–Crippen LogP) is 3.85. The summed E-state index contributed by atoms with van der Waals surface area (Å²) in [6.07, 6.45) is 1.87. The van der Waals surface area contributed by atoms with E-state index >= 15 is 0 Å². The second-order valence-corrected chi connectivity index (χ2v) is 5.38. The molecule has 1 unspecified atom stereocenters. The molecule has 2 rings (SSSR count). The highest BCUT2D eigenvalue weighted by molar-refractivity contribution is 9.10. The molecule has 3 heteroatoms. The van der Waals surface area contributed by atoms with Gasteiger partial charge in [-0.3, -0.25) is 0 Å². The maximum absolute atomic E-state index is 9.48. The Kier molecular flexibility index (Phi) is 5.43. The van der Waals surface area contributed by atoms with Crippen LogP contribution in [0.1, 0.15) is 12.0 Å². The Labute approximate surface area is 122 Å². The maximum Gasteiger partial charge on any atom is 0.0632 e. The summed E-state index contributed by atoms with van der Waals surface area (Å²) in [5, 5.41) is 12.8. The summed E-state index contributed by atoms with van der Waals surface area (Å²) in [5.41, 5.74) is 2.32. The molecule has 0 aliphatic heterocycles. The normalized spacial score (nSPS) is 12.1. The molecule has 0 aliphatic carbocycles. The smallest absolute Gasteiger partial charge is 0.0632 e. The van der Waals surface area contributed by atoms with Crippen LogP contribution < -0.4 is 5.32 Å². The van der Waals surface area contributed by atoms with Gasteiger partial charge in [-0.15, -0.1) is 0 Å². The van der Waals surface area contributed by atoms with Crippen molar-refractivity contribution in [3.05, 3.63) is 64.6 Å². The van der Waals surface area contributed by atoms with Crippen molar-refractivity contribution >= 4 is 21.6 Å². The molecule has 0 heterocycles. The first-order valence-corrected chi connectivity index (χ1v) is 7.24. The zero-order chi connectivity index (χ0) is 13.5. The number of aryl methyl sites for hydroxylation is 1. The van der Waals surface area contributed by atoms with Gasteiger partial charge in [0.25, 0.3) is 0 Å². The molecule has 0 saturated heterocycles. The number of halogens is 1. The van der Waals surface area contributed by atoms with Crippen LogP contribution in [0.3, 0.4) is 0 Å². The van der Waals surface area contributed by atoms with Crippen molar-refractivity contribution < 1.29 is 5.11 Å². The summed E-state index contributed by atoms with van der Waals surface area (Å²) >= 11 is 3.51. The van der Waals surface area contributed by atoms with Gasteiger partial charge in [-0.2, -0.15) is 0 Å². The average Bonchev–Trinajstić information content (AvgIpc) is 2.46. The molecule has 0 spiro atoms. The number of hydrogen-bond acceptors (Lipinski definition) is 2. The van der Waals surface area contributed by atoms with Gasteiger partial charge >= 0.3 is 0 Å². The molecule has 0 saturated carbocycles. The molecular weight excluding hydrogens is 302 g/mol. The van der Waals surface area contributed by atoms with E-state index in [0.29, 0.717) is 0 Å². The summed E-state index contributed by atoms with van der Waals surface area (Å²) in [4.78, 5) is 0. The summed E-state index contributed by atoms with van der Waals surface area (Å²) in [5.74, 6) is 0. The molecule has 0 fully saturated rings. The van der Waals surface area contributed by atoms with Gasteiger partial charge in [0.1, 0.15) is 0 Å². The molecule has 0 aromatic heterocycles. The highest BCUT2D eigenvalue weighted by Crippen LogP contribution is 2.22. The van der Waals surface area contributed by atoms with Crippen LogP contribution in [0.15, 0.2) is 59.1 Å².